The highest BCUT2D eigenvalue weighted by Gasteiger charge is 2.31. The van der Waals surface area contributed by atoms with Crippen molar-refractivity contribution in [3.05, 3.63) is 142 Å². The van der Waals surface area contributed by atoms with Crippen LogP contribution in [-0.4, -0.2) is 0 Å². The molecule has 0 fully saturated rings. The summed E-state index contributed by atoms with van der Waals surface area (Å²) in [5.74, 6) is 0. The highest BCUT2D eigenvalue weighted by atomic mass is 19.4. The molecule has 0 radical (unpaired) electrons. The van der Waals surface area contributed by atoms with Crippen LogP contribution in [0.5, 0.6) is 0 Å². The SMILES string of the molecule is Cc1ccc(C=C(C(=Cc2ccc(C(F)(F)F)cc2)c2ccc(C)cc2)c2ccc(C(F)(F)F)cc2)cc1. The standard InChI is InChI=1S/C32H24F6/c1-21-3-7-23(8-4-21)19-30(26-13-17-28(18-14-26)32(36,37)38)29(25-11-5-22(2)6-12-25)20-24-9-15-27(16-10-24)31(33,34)35/h3-20H,1-2H3. The lowest BCUT2D eigenvalue weighted by Gasteiger charge is -2.16. The van der Waals surface area contributed by atoms with Crippen LogP contribution >= 0.6 is 0 Å². The lowest BCUT2D eigenvalue weighted by Crippen LogP contribution is -2.04. The second kappa shape index (κ2) is 10.7. The maximum atomic E-state index is 13.3. The summed E-state index contributed by atoms with van der Waals surface area (Å²) in [6.45, 7) is 3.88. The predicted octanol–water partition coefficient (Wildman–Crippen LogP) is 10.1. The Hall–Kier alpha value is -4.06. The van der Waals surface area contributed by atoms with Gasteiger partial charge in [0.05, 0.1) is 11.1 Å². The topological polar surface area (TPSA) is 0 Å². The van der Waals surface area contributed by atoms with Gasteiger partial charge >= 0.3 is 12.4 Å². The first-order valence-corrected chi connectivity index (χ1v) is 11.8. The molecule has 0 saturated heterocycles. The van der Waals surface area contributed by atoms with Crippen molar-refractivity contribution in [2.24, 2.45) is 0 Å². The molecule has 0 aromatic heterocycles. The van der Waals surface area contributed by atoms with E-state index in [1.807, 2.05) is 68.5 Å². The molecule has 0 saturated carbocycles. The van der Waals surface area contributed by atoms with Gasteiger partial charge in [-0.2, -0.15) is 26.3 Å². The van der Waals surface area contributed by atoms with E-state index in [1.54, 1.807) is 6.08 Å². The number of aryl methyl sites for hydroxylation is 2. The molecule has 0 aliphatic carbocycles. The fourth-order valence-electron chi connectivity index (χ4n) is 3.97. The van der Waals surface area contributed by atoms with Crippen LogP contribution < -0.4 is 0 Å². The van der Waals surface area contributed by atoms with Gasteiger partial charge in [-0.3, -0.25) is 0 Å². The summed E-state index contributed by atoms with van der Waals surface area (Å²) >= 11 is 0. The zero-order chi connectivity index (χ0) is 27.5. The Morgan fingerprint density at radius 1 is 0.447 bits per heavy atom. The fourth-order valence-corrected chi connectivity index (χ4v) is 3.97. The average molecular weight is 523 g/mol. The van der Waals surface area contributed by atoms with E-state index in [-0.39, 0.29) is 0 Å². The van der Waals surface area contributed by atoms with Crippen molar-refractivity contribution < 1.29 is 26.3 Å². The lowest BCUT2D eigenvalue weighted by atomic mass is 9.88. The Kier molecular flexibility index (Phi) is 7.63. The van der Waals surface area contributed by atoms with Crippen LogP contribution in [0.2, 0.25) is 0 Å². The summed E-state index contributed by atoms with van der Waals surface area (Å²) in [6.07, 6.45) is -5.31. The molecule has 0 aliphatic heterocycles. The van der Waals surface area contributed by atoms with Gasteiger partial charge in [0.1, 0.15) is 0 Å². The first-order chi connectivity index (χ1) is 17.9. The van der Waals surface area contributed by atoms with Gasteiger partial charge in [0.25, 0.3) is 0 Å². The third-order valence-electron chi connectivity index (χ3n) is 6.11. The largest absolute Gasteiger partial charge is 0.416 e. The van der Waals surface area contributed by atoms with Crippen molar-refractivity contribution in [1.29, 1.82) is 0 Å². The van der Waals surface area contributed by atoms with Gasteiger partial charge in [0.2, 0.25) is 0 Å². The molecule has 4 rings (SSSR count). The Morgan fingerprint density at radius 3 is 1.11 bits per heavy atom. The molecular weight excluding hydrogens is 498 g/mol. The van der Waals surface area contributed by atoms with E-state index in [0.29, 0.717) is 22.3 Å². The van der Waals surface area contributed by atoms with Crippen molar-refractivity contribution in [3.63, 3.8) is 0 Å². The second-order valence-electron chi connectivity index (χ2n) is 9.09. The van der Waals surface area contributed by atoms with E-state index < -0.39 is 23.5 Å². The molecule has 194 valence electrons. The first-order valence-electron chi connectivity index (χ1n) is 11.8. The number of alkyl halides is 6. The van der Waals surface area contributed by atoms with Crippen molar-refractivity contribution in [3.8, 4) is 0 Å². The Morgan fingerprint density at radius 2 is 0.737 bits per heavy atom. The molecule has 0 nitrogen and oxygen atoms in total. The molecule has 38 heavy (non-hydrogen) atoms. The highest BCUT2D eigenvalue weighted by molar-refractivity contribution is 6.15. The van der Waals surface area contributed by atoms with E-state index in [4.69, 9.17) is 0 Å². The molecule has 0 aliphatic rings. The molecule has 0 spiro atoms. The molecule has 0 atom stereocenters. The summed E-state index contributed by atoms with van der Waals surface area (Å²) in [5, 5.41) is 0. The van der Waals surface area contributed by atoms with Gasteiger partial charge in [0, 0.05) is 0 Å². The molecule has 0 heterocycles. The van der Waals surface area contributed by atoms with Crippen LogP contribution in [0.3, 0.4) is 0 Å². The third kappa shape index (κ3) is 6.62. The quantitative estimate of drug-likeness (QED) is 0.139. The van der Waals surface area contributed by atoms with Gasteiger partial charge < -0.3 is 0 Å². The van der Waals surface area contributed by atoms with Crippen molar-refractivity contribution in [1.82, 2.24) is 0 Å². The van der Waals surface area contributed by atoms with Crippen molar-refractivity contribution in [2.45, 2.75) is 26.2 Å². The number of rotatable bonds is 5. The zero-order valence-electron chi connectivity index (χ0n) is 20.7. The van der Waals surface area contributed by atoms with Gasteiger partial charge in [0.15, 0.2) is 0 Å². The maximum Gasteiger partial charge on any atom is 0.416 e. The molecule has 4 aromatic carbocycles. The summed E-state index contributed by atoms with van der Waals surface area (Å²) in [4.78, 5) is 0. The van der Waals surface area contributed by atoms with E-state index in [1.165, 1.54) is 24.3 Å². The smallest absolute Gasteiger partial charge is 0.166 e. The predicted molar refractivity (Wildman–Crippen MR) is 141 cm³/mol. The van der Waals surface area contributed by atoms with E-state index >= 15 is 0 Å². The monoisotopic (exact) mass is 522 g/mol. The maximum absolute atomic E-state index is 13.3. The van der Waals surface area contributed by atoms with Crippen LogP contribution in [0, 0.1) is 13.8 Å². The average Bonchev–Trinajstić information content (AvgIpc) is 2.87. The van der Waals surface area contributed by atoms with Crippen LogP contribution in [0.4, 0.5) is 26.3 Å². The molecule has 0 unspecified atom stereocenters. The highest BCUT2D eigenvalue weighted by Crippen LogP contribution is 2.37. The van der Waals surface area contributed by atoms with Gasteiger partial charge in [-0.15, -0.1) is 0 Å². The number of benzene rings is 4. The van der Waals surface area contributed by atoms with E-state index in [9.17, 15) is 26.3 Å². The molecule has 4 aromatic rings. The van der Waals surface area contributed by atoms with Crippen LogP contribution in [0.15, 0.2) is 97.1 Å². The second-order valence-corrected chi connectivity index (χ2v) is 9.09. The van der Waals surface area contributed by atoms with E-state index in [2.05, 4.69) is 0 Å². The minimum absolute atomic E-state index is 0.523. The van der Waals surface area contributed by atoms with Gasteiger partial charge in [-0.25, -0.2) is 0 Å². The molecule has 0 amide bonds. The third-order valence-corrected chi connectivity index (χ3v) is 6.11. The van der Waals surface area contributed by atoms with E-state index in [0.717, 1.165) is 46.5 Å². The van der Waals surface area contributed by atoms with Gasteiger partial charge in [-0.05, 0) is 83.7 Å². The molecule has 6 heteroatoms. The Labute approximate surface area is 217 Å². The van der Waals surface area contributed by atoms with Crippen molar-refractivity contribution >= 4 is 23.3 Å². The lowest BCUT2D eigenvalue weighted by molar-refractivity contribution is -0.138. The Bertz CT molecular complexity index is 1430. The zero-order valence-corrected chi connectivity index (χ0v) is 20.7. The van der Waals surface area contributed by atoms with Crippen LogP contribution in [0.1, 0.15) is 44.5 Å². The molecule has 0 bridgehead atoms. The van der Waals surface area contributed by atoms with Crippen LogP contribution in [-0.2, 0) is 12.4 Å². The summed E-state index contributed by atoms with van der Waals surface area (Å²) < 4.78 is 79.1. The number of halogens is 6. The number of hydrogen-bond donors (Lipinski definition) is 0. The summed E-state index contributed by atoms with van der Waals surface area (Å²) in [7, 11) is 0. The molecule has 0 N–H and O–H groups in total. The first kappa shape index (κ1) is 27.0. The minimum atomic E-state index is -4.48. The summed E-state index contributed by atoms with van der Waals surface area (Å²) in [5.41, 5.74) is 4.50. The number of hydrogen-bond acceptors (Lipinski definition) is 0. The molecular formula is C32H24F6. The van der Waals surface area contributed by atoms with Crippen LogP contribution in [0.25, 0.3) is 23.3 Å². The number of allylic oxidation sites excluding steroid dienone is 2. The fraction of sp³-hybridized carbons (Fsp3) is 0.125. The van der Waals surface area contributed by atoms with Gasteiger partial charge in [-0.1, -0.05) is 83.9 Å². The summed E-state index contributed by atoms with van der Waals surface area (Å²) in [6, 6.07) is 25.0. The normalized spacial score (nSPS) is 13.1. The van der Waals surface area contributed by atoms with Crippen molar-refractivity contribution in [2.75, 3.05) is 0 Å². The Balaban J connectivity index is 1.93. The minimum Gasteiger partial charge on any atom is -0.166 e.